The van der Waals surface area contributed by atoms with E-state index in [1.54, 1.807) is 0 Å². The highest BCUT2D eigenvalue weighted by molar-refractivity contribution is 7.99. The fourth-order valence-corrected chi connectivity index (χ4v) is 3.55. The number of thioether (sulfide) groups is 1. The molecule has 5 nitrogen and oxygen atoms in total. The van der Waals surface area contributed by atoms with Crippen molar-refractivity contribution in [1.82, 2.24) is 9.97 Å². The number of hydrogen-bond acceptors (Lipinski definition) is 4. The van der Waals surface area contributed by atoms with Crippen LogP contribution in [0, 0.1) is 26.2 Å². The van der Waals surface area contributed by atoms with Gasteiger partial charge in [0.05, 0.1) is 11.3 Å². The third-order valence-electron chi connectivity index (χ3n) is 4.02. The zero-order valence-corrected chi connectivity index (χ0v) is 14.3. The van der Waals surface area contributed by atoms with Crippen LogP contribution in [0.4, 0.5) is 5.82 Å². The molecule has 0 spiro atoms. The van der Waals surface area contributed by atoms with Crippen LogP contribution >= 0.6 is 11.8 Å². The van der Waals surface area contributed by atoms with Crippen molar-refractivity contribution in [2.45, 2.75) is 31.3 Å². The van der Waals surface area contributed by atoms with Gasteiger partial charge in [-0.2, -0.15) is 0 Å². The van der Waals surface area contributed by atoms with E-state index in [-0.39, 0.29) is 23.8 Å². The first-order valence-corrected chi connectivity index (χ1v) is 8.55. The smallest absolute Gasteiger partial charge is 0.257 e. The number of terminal acetylenes is 1. The van der Waals surface area contributed by atoms with E-state index >= 15 is 0 Å². The fraction of sp³-hybridized carbons (Fsp3) is 0.278. The van der Waals surface area contributed by atoms with Crippen molar-refractivity contribution in [2.75, 3.05) is 11.1 Å². The lowest BCUT2D eigenvalue weighted by molar-refractivity contribution is -0.116. The summed E-state index contributed by atoms with van der Waals surface area (Å²) in [5.74, 6) is 2.78. The molecule has 1 aliphatic rings. The molecule has 3 rings (SSSR count). The molecule has 24 heavy (non-hydrogen) atoms. The summed E-state index contributed by atoms with van der Waals surface area (Å²) in [5.41, 5.74) is 3.46. The fourth-order valence-electron chi connectivity index (χ4n) is 3.01. The van der Waals surface area contributed by atoms with E-state index in [1.807, 2.05) is 26.0 Å². The first kappa shape index (κ1) is 16.3. The van der Waals surface area contributed by atoms with Crippen LogP contribution in [0.3, 0.4) is 0 Å². The lowest BCUT2D eigenvalue weighted by Gasteiger charge is -2.25. The molecule has 1 aromatic heterocycles. The Morgan fingerprint density at radius 2 is 2.17 bits per heavy atom. The quantitative estimate of drug-likeness (QED) is 0.512. The number of H-pyrrole nitrogens is 1. The van der Waals surface area contributed by atoms with E-state index in [0.29, 0.717) is 22.3 Å². The molecule has 2 heterocycles. The van der Waals surface area contributed by atoms with Crippen molar-refractivity contribution in [3.05, 3.63) is 50.8 Å². The second kappa shape index (κ2) is 6.54. The molecule has 1 aliphatic heterocycles. The molecule has 0 radical (unpaired) electrons. The second-order valence-corrected chi connectivity index (χ2v) is 6.76. The summed E-state index contributed by atoms with van der Waals surface area (Å²) in [6, 6.07) is 6.03. The molecule has 2 aromatic rings. The Labute approximate surface area is 144 Å². The lowest BCUT2D eigenvalue weighted by atomic mass is 9.84. The Morgan fingerprint density at radius 3 is 2.88 bits per heavy atom. The summed E-state index contributed by atoms with van der Waals surface area (Å²) in [6.07, 6.45) is 5.48. The van der Waals surface area contributed by atoms with Gasteiger partial charge in [0.25, 0.3) is 5.56 Å². The van der Waals surface area contributed by atoms with Crippen LogP contribution in [0.5, 0.6) is 0 Å². The van der Waals surface area contributed by atoms with Gasteiger partial charge in [0.2, 0.25) is 5.91 Å². The lowest BCUT2D eigenvalue weighted by Crippen LogP contribution is -2.31. The summed E-state index contributed by atoms with van der Waals surface area (Å²) < 4.78 is 0. The van der Waals surface area contributed by atoms with E-state index in [1.165, 1.54) is 11.8 Å². The average molecular weight is 339 g/mol. The van der Waals surface area contributed by atoms with Crippen molar-refractivity contribution in [3.63, 3.8) is 0 Å². The molecule has 1 amide bonds. The maximum atomic E-state index is 12.6. The number of nitrogens with zero attached hydrogens (tertiary/aromatic N) is 1. The van der Waals surface area contributed by atoms with Gasteiger partial charge >= 0.3 is 0 Å². The van der Waals surface area contributed by atoms with Crippen LogP contribution in [0.2, 0.25) is 0 Å². The molecule has 1 aromatic carbocycles. The molecule has 0 fully saturated rings. The maximum Gasteiger partial charge on any atom is 0.257 e. The number of nitrogens with one attached hydrogen (secondary N) is 2. The zero-order valence-electron chi connectivity index (χ0n) is 13.5. The van der Waals surface area contributed by atoms with Gasteiger partial charge in [0, 0.05) is 12.3 Å². The third-order valence-corrected chi connectivity index (χ3v) is 4.80. The minimum absolute atomic E-state index is 0.140. The Morgan fingerprint density at radius 1 is 1.38 bits per heavy atom. The highest BCUT2D eigenvalue weighted by Gasteiger charge is 2.31. The number of amides is 1. The summed E-state index contributed by atoms with van der Waals surface area (Å²) in [7, 11) is 0. The molecule has 0 bridgehead atoms. The van der Waals surface area contributed by atoms with E-state index < -0.39 is 0 Å². The molecule has 0 unspecified atom stereocenters. The highest BCUT2D eigenvalue weighted by Crippen LogP contribution is 2.36. The number of aryl methyl sites for hydroxylation is 2. The van der Waals surface area contributed by atoms with E-state index in [2.05, 4.69) is 27.3 Å². The zero-order chi connectivity index (χ0) is 17.3. The number of rotatable bonds is 3. The number of aromatic nitrogens is 2. The number of aromatic amines is 1. The van der Waals surface area contributed by atoms with Crippen molar-refractivity contribution in [1.29, 1.82) is 0 Å². The number of fused-ring (bicyclic) bond motifs is 1. The van der Waals surface area contributed by atoms with Crippen LogP contribution < -0.4 is 10.9 Å². The number of carbonyl (C=O) groups is 1. The molecule has 122 valence electrons. The van der Waals surface area contributed by atoms with Crippen molar-refractivity contribution in [2.24, 2.45) is 0 Å². The Bertz CT molecular complexity index is 911. The standard InChI is InChI=1S/C18H17N3O2S/c1-4-7-24-18-20-16-15(17(23)21-18)13(9-14(22)19-16)12-6-5-10(2)8-11(12)3/h1,5-6,8,13H,7,9H2,2-3H3,(H2,19,20,21,22,23)/t13-/m1/s1. The van der Waals surface area contributed by atoms with Crippen molar-refractivity contribution >= 4 is 23.5 Å². The SMILES string of the molecule is C#CCSc1nc2c(c(=O)[nH]1)[C@@H](c1ccc(C)cc1C)CC(=O)N2. The highest BCUT2D eigenvalue weighted by atomic mass is 32.2. The number of carbonyl (C=O) groups excluding carboxylic acids is 1. The Balaban J connectivity index is 2.11. The Kier molecular flexibility index (Phi) is 4.45. The molecule has 0 aliphatic carbocycles. The molecular weight excluding hydrogens is 322 g/mol. The van der Waals surface area contributed by atoms with Gasteiger partial charge in [-0.3, -0.25) is 9.59 Å². The van der Waals surface area contributed by atoms with Crippen molar-refractivity contribution in [3.8, 4) is 12.3 Å². The van der Waals surface area contributed by atoms with Crippen LogP contribution in [-0.2, 0) is 4.79 Å². The predicted molar refractivity (Wildman–Crippen MR) is 95.4 cm³/mol. The van der Waals surface area contributed by atoms with Gasteiger partial charge in [-0.05, 0) is 25.0 Å². The topological polar surface area (TPSA) is 74.8 Å². The molecule has 0 saturated carbocycles. The summed E-state index contributed by atoms with van der Waals surface area (Å²) >= 11 is 1.26. The molecule has 0 saturated heterocycles. The minimum Gasteiger partial charge on any atom is -0.310 e. The summed E-state index contributed by atoms with van der Waals surface area (Å²) in [4.78, 5) is 31.9. The van der Waals surface area contributed by atoms with Gasteiger partial charge in [-0.25, -0.2) is 4.98 Å². The normalized spacial score (nSPS) is 16.2. The monoisotopic (exact) mass is 339 g/mol. The molecular formula is C18H17N3O2S. The third kappa shape index (κ3) is 3.08. The van der Waals surface area contributed by atoms with E-state index in [4.69, 9.17) is 6.42 Å². The molecule has 1 atom stereocenters. The number of hydrogen-bond donors (Lipinski definition) is 2. The van der Waals surface area contributed by atoms with Crippen LogP contribution in [0.25, 0.3) is 0 Å². The van der Waals surface area contributed by atoms with Crippen LogP contribution in [-0.4, -0.2) is 21.6 Å². The number of anilines is 1. The van der Waals surface area contributed by atoms with Gasteiger partial charge < -0.3 is 10.3 Å². The van der Waals surface area contributed by atoms with E-state index in [9.17, 15) is 9.59 Å². The van der Waals surface area contributed by atoms with Gasteiger partial charge in [0.15, 0.2) is 5.16 Å². The van der Waals surface area contributed by atoms with E-state index in [0.717, 1.165) is 16.7 Å². The maximum absolute atomic E-state index is 12.6. The Hall–Kier alpha value is -2.52. The van der Waals surface area contributed by atoms with Crippen LogP contribution in [0.15, 0.2) is 28.2 Å². The predicted octanol–water partition coefficient (Wildman–Crippen LogP) is 2.59. The first-order valence-electron chi connectivity index (χ1n) is 7.57. The van der Waals surface area contributed by atoms with Gasteiger partial charge in [0.1, 0.15) is 5.82 Å². The van der Waals surface area contributed by atoms with Crippen LogP contribution in [0.1, 0.15) is 34.6 Å². The molecule has 2 N–H and O–H groups in total. The largest absolute Gasteiger partial charge is 0.310 e. The van der Waals surface area contributed by atoms with Crippen molar-refractivity contribution < 1.29 is 4.79 Å². The second-order valence-electron chi connectivity index (χ2n) is 5.79. The minimum atomic E-state index is -0.294. The number of benzene rings is 1. The van der Waals surface area contributed by atoms with Gasteiger partial charge in [-0.15, -0.1) is 6.42 Å². The first-order chi connectivity index (χ1) is 11.5. The summed E-state index contributed by atoms with van der Waals surface area (Å²) in [6.45, 7) is 4.01. The van der Waals surface area contributed by atoms with Gasteiger partial charge in [-0.1, -0.05) is 41.4 Å². The molecule has 6 heteroatoms. The average Bonchev–Trinajstić information content (AvgIpc) is 2.51. The summed E-state index contributed by atoms with van der Waals surface area (Å²) in [5, 5.41) is 3.13.